The highest BCUT2D eigenvalue weighted by atomic mass is 16.5. The van der Waals surface area contributed by atoms with Crippen LogP contribution in [0.15, 0.2) is 39.5 Å². The van der Waals surface area contributed by atoms with Crippen LogP contribution in [0.3, 0.4) is 0 Å². The summed E-state index contributed by atoms with van der Waals surface area (Å²) in [5.41, 5.74) is -0.264. The van der Waals surface area contributed by atoms with Crippen molar-refractivity contribution in [3.8, 4) is 0 Å². The predicted molar refractivity (Wildman–Crippen MR) is 79.1 cm³/mol. The van der Waals surface area contributed by atoms with Crippen molar-refractivity contribution >= 4 is 16.9 Å². The molecule has 0 saturated carbocycles. The molecule has 1 fully saturated rings. The molecule has 0 radical (unpaired) electrons. The van der Waals surface area contributed by atoms with Crippen LogP contribution in [0.25, 0.3) is 11.0 Å². The molecular formula is C16H18NO5+. The number of rotatable bonds is 4. The first-order valence-electron chi connectivity index (χ1n) is 7.35. The lowest BCUT2D eigenvalue weighted by Crippen LogP contribution is -3.14. The minimum atomic E-state index is -0.664. The number of morpholine rings is 1. The summed E-state index contributed by atoms with van der Waals surface area (Å²) in [7, 11) is 0. The summed E-state index contributed by atoms with van der Waals surface area (Å²) in [6, 6.07) is 8.58. The molecule has 0 spiro atoms. The summed E-state index contributed by atoms with van der Waals surface area (Å²) >= 11 is 0. The summed E-state index contributed by atoms with van der Waals surface area (Å²) < 4.78 is 15.6. The zero-order chi connectivity index (χ0) is 15.4. The normalized spacial score (nSPS) is 15.8. The predicted octanol–water partition coefficient (Wildman–Crippen LogP) is -0.135. The van der Waals surface area contributed by atoms with Gasteiger partial charge in [0.05, 0.1) is 13.2 Å². The molecule has 22 heavy (non-hydrogen) atoms. The van der Waals surface area contributed by atoms with E-state index < -0.39 is 11.6 Å². The molecule has 1 saturated heterocycles. The van der Waals surface area contributed by atoms with E-state index >= 15 is 0 Å². The molecule has 1 aliphatic rings. The maximum absolute atomic E-state index is 12.0. The van der Waals surface area contributed by atoms with E-state index in [1.54, 1.807) is 18.2 Å². The number of nitrogens with one attached hydrogen (secondary N) is 1. The first-order valence-corrected chi connectivity index (χ1v) is 7.35. The first-order chi connectivity index (χ1) is 10.7. The summed E-state index contributed by atoms with van der Waals surface area (Å²) in [5.74, 6) is -0.632. The van der Waals surface area contributed by atoms with Crippen molar-refractivity contribution < 1.29 is 23.6 Å². The molecule has 6 nitrogen and oxygen atoms in total. The van der Waals surface area contributed by atoms with Gasteiger partial charge in [0.2, 0.25) is 0 Å². The topological polar surface area (TPSA) is 70.2 Å². The van der Waals surface area contributed by atoms with Gasteiger partial charge in [0, 0.05) is 5.39 Å². The number of carbonyl (C=O) groups excluding carboxylic acids is 1. The number of fused-ring (bicyclic) bond motifs is 1. The highest BCUT2D eigenvalue weighted by molar-refractivity contribution is 5.92. The molecule has 0 aliphatic carbocycles. The van der Waals surface area contributed by atoms with Crippen molar-refractivity contribution in [2.24, 2.45) is 0 Å². The molecule has 2 heterocycles. The Morgan fingerprint density at radius 3 is 2.82 bits per heavy atom. The van der Waals surface area contributed by atoms with Crippen LogP contribution >= 0.6 is 0 Å². The third-order valence-corrected chi connectivity index (χ3v) is 3.75. The number of carbonyl (C=O) groups is 1. The molecule has 6 heteroatoms. The summed E-state index contributed by atoms with van der Waals surface area (Å²) in [4.78, 5) is 25.2. The van der Waals surface area contributed by atoms with Gasteiger partial charge in [-0.1, -0.05) is 18.2 Å². The van der Waals surface area contributed by atoms with Gasteiger partial charge in [-0.15, -0.1) is 0 Å². The van der Waals surface area contributed by atoms with Gasteiger partial charge in [-0.3, -0.25) is 0 Å². The van der Waals surface area contributed by atoms with E-state index in [1.807, 2.05) is 6.07 Å². The Balaban J connectivity index is 1.64. The molecule has 0 amide bonds. The van der Waals surface area contributed by atoms with E-state index in [0.717, 1.165) is 26.3 Å². The van der Waals surface area contributed by atoms with E-state index in [9.17, 15) is 9.59 Å². The Kier molecular flexibility index (Phi) is 4.50. The molecule has 2 aromatic rings. The zero-order valence-electron chi connectivity index (χ0n) is 12.2. The van der Waals surface area contributed by atoms with Gasteiger partial charge in [-0.2, -0.15) is 0 Å². The van der Waals surface area contributed by atoms with Gasteiger partial charge in [-0.05, 0) is 12.1 Å². The summed E-state index contributed by atoms with van der Waals surface area (Å²) in [6.07, 6.45) is 0. The lowest BCUT2D eigenvalue weighted by Gasteiger charge is -2.23. The Morgan fingerprint density at radius 2 is 2.00 bits per heavy atom. The van der Waals surface area contributed by atoms with E-state index in [2.05, 4.69) is 0 Å². The van der Waals surface area contributed by atoms with Crippen LogP contribution in [0, 0.1) is 0 Å². The van der Waals surface area contributed by atoms with Crippen LogP contribution in [-0.2, 0) is 9.47 Å². The molecule has 0 unspecified atom stereocenters. The maximum atomic E-state index is 12.0. The second-order valence-electron chi connectivity index (χ2n) is 5.23. The number of esters is 1. The van der Waals surface area contributed by atoms with Crippen LogP contribution in [0.4, 0.5) is 0 Å². The quantitative estimate of drug-likeness (QED) is 0.629. The molecule has 1 aromatic heterocycles. The standard InChI is InChI=1S/C16H17NO5/c18-15(21-10-7-17-5-8-20-9-6-17)13-11-12-3-1-2-4-14(12)22-16(13)19/h1-4,11H,5-10H2/p+1. The molecule has 116 valence electrons. The fourth-order valence-electron chi connectivity index (χ4n) is 2.48. The lowest BCUT2D eigenvalue weighted by molar-refractivity contribution is -0.908. The molecule has 1 aromatic carbocycles. The first kappa shape index (κ1) is 14.7. The fraction of sp³-hybridized carbons (Fsp3) is 0.375. The minimum absolute atomic E-state index is 0.0596. The number of quaternary nitrogens is 1. The smallest absolute Gasteiger partial charge is 0.351 e. The van der Waals surface area contributed by atoms with Crippen molar-refractivity contribution in [2.75, 3.05) is 39.5 Å². The van der Waals surface area contributed by atoms with Crippen LogP contribution < -0.4 is 10.5 Å². The number of hydrogen-bond donors (Lipinski definition) is 1. The van der Waals surface area contributed by atoms with E-state index in [-0.39, 0.29) is 12.2 Å². The van der Waals surface area contributed by atoms with Crippen molar-refractivity contribution in [1.29, 1.82) is 0 Å². The lowest BCUT2D eigenvalue weighted by atomic mass is 10.2. The summed E-state index contributed by atoms with van der Waals surface area (Å²) in [5, 5.41) is 0.702. The van der Waals surface area contributed by atoms with Crippen molar-refractivity contribution in [1.82, 2.24) is 0 Å². The van der Waals surface area contributed by atoms with Gasteiger partial charge in [-0.25, -0.2) is 9.59 Å². The van der Waals surface area contributed by atoms with Crippen LogP contribution in [0.1, 0.15) is 10.4 Å². The summed E-state index contributed by atoms with van der Waals surface area (Å²) in [6.45, 7) is 4.29. The van der Waals surface area contributed by atoms with E-state index in [0.29, 0.717) is 17.5 Å². The van der Waals surface area contributed by atoms with Gasteiger partial charge >= 0.3 is 11.6 Å². The Labute approximate surface area is 127 Å². The number of benzene rings is 1. The van der Waals surface area contributed by atoms with Crippen molar-refractivity contribution in [2.45, 2.75) is 0 Å². The monoisotopic (exact) mass is 304 g/mol. The highest BCUT2D eigenvalue weighted by Gasteiger charge is 2.17. The van der Waals surface area contributed by atoms with Crippen LogP contribution in [0.2, 0.25) is 0 Å². The van der Waals surface area contributed by atoms with E-state index in [1.165, 1.54) is 11.0 Å². The largest absolute Gasteiger partial charge is 0.456 e. The van der Waals surface area contributed by atoms with Crippen LogP contribution in [-0.4, -0.2) is 45.4 Å². The van der Waals surface area contributed by atoms with Gasteiger partial charge in [0.1, 0.15) is 37.4 Å². The second kappa shape index (κ2) is 6.72. The number of ether oxygens (including phenoxy) is 2. The zero-order valence-corrected chi connectivity index (χ0v) is 12.2. The second-order valence-corrected chi connectivity index (χ2v) is 5.23. The van der Waals surface area contributed by atoms with Gasteiger partial charge in [0.25, 0.3) is 0 Å². The average molecular weight is 304 g/mol. The Morgan fingerprint density at radius 1 is 1.23 bits per heavy atom. The average Bonchev–Trinajstić information content (AvgIpc) is 2.55. The van der Waals surface area contributed by atoms with Gasteiger partial charge in [0.15, 0.2) is 0 Å². The molecule has 0 atom stereocenters. The van der Waals surface area contributed by atoms with Gasteiger partial charge < -0.3 is 18.8 Å². The van der Waals surface area contributed by atoms with Crippen molar-refractivity contribution in [3.05, 3.63) is 46.3 Å². The molecular weight excluding hydrogens is 286 g/mol. The third-order valence-electron chi connectivity index (χ3n) is 3.75. The maximum Gasteiger partial charge on any atom is 0.351 e. The van der Waals surface area contributed by atoms with E-state index in [4.69, 9.17) is 13.9 Å². The minimum Gasteiger partial charge on any atom is -0.456 e. The third kappa shape index (κ3) is 3.35. The SMILES string of the molecule is O=C(OCC[NH+]1CCOCC1)c1cc2ccccc2oc1=O. The Bertz CT molecular complexity index is 718. The number of hydrogen-bond acceptors (Lipinski definition) is 5. The fourth-order valence-corrected chi connectivity index (χ4v) is 2.48. The number of para-hydroxylation sites is 1. The van der Waals surface area contributed by atoms with Crippen molar-refractivity contribution in [3.63, 3.8) is 0 Å². The highest BCUT2D eigenvalue weighted by Crippen LogP contribution is 2.12. The van der Waals surface area contributed by atoms with Crippen LogP contribution in [0.5, 0.6) is 0 Å². The molecule has 0 bridgehead atoms. The molecule has 1 aliphatic heterocycles. The molecule has 3 rings (SSSR count). The Hall–Kier alpha value is -2.18. The molecule has 1 N–H and O–H groups in total.